The van der Waals surface area contributed by atoms with Gasteiger partial charge in [-0.2, -0.15) is 0 Å². The van der Waals surface area contributed by atoms with Gasteiger partial charge >= 0.3 is 0 Å². The molecule has 0 saturated heterocycles. The molecule has 0 nitrogen and oxygen atoms in total. The Morgan fingerprint density at radius 2 is 1.35 bits per heavy atom. The highest BCUT2D eigenvalue weighted by molar-refractivity contribution is 5.71. The first-order valence-electron chi connectivity index (χ1n) is 7.54. The maximum atomic E-state index is 2.34. The highest BCUT2D eigenvalue weighted by Crippen LogP contribution is 2.31. The summed E-state index contributed by atoms with van der Waals surface area (Å²) in [6, 6.07) is 13.7. The van der Waals surface area contributed by atoms with E-state index in [4.69, 9.17) is 0 Å². The SMILES string of the molecule is CCc1ccc(-c2ccc(C(C)(C)C)cc2C)c(C)c1. The average Bonchev–Trinajstić information content (AvgIpc) is 2.38. The molecule has 0 heteroatoms. The van der Waals surface area contributed by atoms with Crippen molar-refractivity contribution in [3.05, 3.63) is 58.7 Å². The van der Waals surface area contributed by atoms with Gasteiger partial charge in [-0.25, -0.2) is 0 Å². The molecule has 0 aliphatic rings. The number of aryl methyl sites for hydroxylation is 3. The molecule has 20 heavy (non-hydrogen) atoms. The highest BCUT2D eigenvalue weighted by Gasteiger charge is 2.15. The van der Waals surface area contributed by atoms with Gasteiger partial charge in [-0.3, -0.25) is 0 Å². The van der Waals surface area contributed by atoms with Gasteiger partial charge in [0.1, 0.15) is 0 Å². The van der Waals surface area contributed by atoms with Crippen LogP contribution in [0.1, 0.15) is 49.9 Å². The van der Waals surface area contributed by atoms with Gasteiger partial charge in [0.05, 0.1) is 0 Å². The zero-order chi connectivity index (χ0) is 14.9. The normalized spacial score (nSPS) is 11.7. The predicted molar refractivity (Wildman–Crippen MR) is 89.4 cm³/mol. The first-order valence-corrected chi connectivity index (χ1v) is 7.54. The maximum Gasteiger partial charge on any atom is -0.0132 e. The smallest absolute Gasteiger partial charge is 0.0132 e. The molecule has 0 radical (unpaired) electrons. The van der Waals surface area contributed by atoms with Crippen molar-refractivity contribution in [2.45, 2.75) is 53.4 Å². The van der Waals surface area contributed by atoms with Crippen molar-refractivity contribution in [2.24, 2.45) is 0 Å². The first-order chi connectivity index (χ1) is 9.32. The van der Waals surface area contributed by atoms with Crippen LogP contribution in [0.15, 0.2) is 36.4 Å². The van der Waals surface area contributed by atoms with Crippen molar-refractivity contribution in [2.75, 3.05) is 0 Å². The summed E-state index contributed by atoms with van der Waals surface area (Å²) in [4.78, 5) is 0. The van der Waals surface area contributed by atoms with Crippen LogP contribution in [0, 0.1) is 13.8 Å². The second kappa shape index (κ2) is 5.44. The monoisotopic (exact) mass is 266 g/mol. The van der Waals surface area contributed by atoms with Crippen molar-refractivity contribution in [3.63, 3.8) is 0 Å². The van der Waals surface area contributed by atoms with Crippen LogP contribution in [0.2, 0.25) is 0 Å². The minimum absolute atomic E-state index is 0.213. The minimum atomic E-state index is 0.213. The van der Waals surface area contributed by atoms with Gasteiger partial charge in [0.15, 0.2) is 0 Å². The van der Waals surface area contributed by atoms with Gasteiger partial charge in [0.25, 0.3) is 0 Å². The van der Waals surface area contributed by atoms with E-state index in [0.29, 0.717) is 0 Å². The van der Waals surface area contributed by atoms with E-state index in [1.54, 1.807) is 0 Å². The topological polar surface area (TPSA) is 0 Å². The summed E-state index contributed by atoms with van der Waals surface area (Å²) in [6.07, 6.45) is 1.10. The third kappa shape index (κ3) is 2.95. The predicted octanol–water partition coefficient (Wildman–Crippen LogP) is 5.83. The molecule has 2 aromatic carbocycles. The van der Waals surface area contributed by atoms with Gasteiger partial charge in [0.2, 0.25) is 0 Å². The van der Waals surface area contributed by atoms with E-state index < -0.39 is 0 Å². The van der Waals surface area contributed by atoms with Crippen LogP contribution in [0.25, 0.3) is 11.1 Å². The molecule has 0 atom stereocenters. The molecule has 0 N–H and O–H groups in total. The van der Waals surface area contributed by atoms with Crippen molar-refractivity contribution in [3.8, 4) is 11.1 Å². The van der Waals surface area contributed by atoms with E-state index in [9.17, 15) is 0 Å². The fourth-order valence-electron chi connectivity index (χ4n) is 2.68. The molecule has 2 rings (SSSR count). The maximum absolute atomic E-state index is 2.34. The van der Waals surface area contributed by atoms with Gasteiger partial charge in [0, 0.05) is 0 Å². The van der Waals surface area contributed by atoms with E-state index >= 15 is 0 Å². The fraction of sp³-hybridized carbons (Fsp3) is 0.400. The van der Waals surface area contributed by atoms with Crippen molar-refractivity contribution < 1.29 is 0 Å². The third-order valence-corrected chi connectivity index (χ3v) is 4.08. The summed E-state index contributed by atoms with van der Waals surface area (Å²) >= 11 is 0. The molecule has 0 aliphatic heterocycles. The molecule has 0 bridgehead atoms. The lowest BCUT2D eigenvalue weighted by Gasteiger charge is -2.21. The summed E-state index contributed by atoms with van der Waals surface area (Å²) in [5.74, 6) is 0. The van der Waals surface area contributed by atoms with Crippen molar-refractivity contribution in [1.82, 2.24) is 0 Å². The lowest BCUT2D eigenvalue weighted by molar-refractivity contribution is 0.590. The number of hydrogen-bond acceptors (Lipinski definition) is 0. The molecule has 0 aliphatic carbocycles. The van der Waals surface area contributed by atoms with E-state index in [0.717, 1.165) is 6.42 Å². The van der Waals surface area contributed by atoms with E-state index in [-0.39, 0.29) is 5.41 Å². The molecule has 106 valence electrons. The molecular formula is C20H26. The standard InChI is InChI=1S/C20H26/c1-7-16-8-10-18(14(2)12-16)19-11-9-17(13-15(19)3)20(4,5)6/h8-13H,7H2,1-6H3. The number of hydrogen-bond donors (Lipinski definition) is 0. The third-order valence-electron chi connectivity index (χ3n) is 4.08. The Balaban J connectivity index is 2.49. The molecule has 0 unspecified atom stereocenters. The average molecular weight is 266 g/mol. The quantitative estimate of drug-likeness (QED) is 0.641. The largest absolute Gasteiger partial charge is 0.0613 e. The Kier molecular flexibility index (Phi) is 4.04. The van der Waals surface area contributed by atoms with Crippen LogP contribution >= 0.6 is 0 Å². The molecule has 0 saturated carbocycles. The molecular weight excluding hydrogens is 240 g/mol. The molecule has 0 spiro atoms. The first kappa shape index (κ1) is 14.8. The van der Waals surface area contributed by atoms with Crippen LogP contribution in [0.3, 0.4) is 0 Å². The van der Waals surface area contributed by atoms with E-state index in [2.05, 4.69) is 77.9 Å². The molecule has 0 aromatic heterocycles. The van der Waals surface area contributed by atoms with Crippen molar-refractivity contribution >= 4 is 0 Å². The lowest BCUT2D eigenvalue weighted by atomic mass is 9.84. The Labute approximate surface area is 123 Å². The van der Waals surface area contributed by atoms with Gasteiger partial charge < -0.3 is 0 Å². The Hall–Kier alpha value is -1.56. The van der Waals surface area contributed by atoms with Crippen molar-refractivity contribution in [1.29, 1.82) is 0 Å². The second-order valence-electron chi connectivity index (χ2n) is 6.78. The Bertz CT molecular complexity index is 612. The van der Waals surface area contributed by atoms with Gasteiger partial charge in [-0.15, -0.1) is 0 Å². The second-order valence-corrected chi connectivity index (χ2v) is 6.78. The Morgan fingerprint density at radius 1 is 0.800 bits per heavy atom. The zero-order valence-corrected chi connectivity index (χ0v) is 13.7. The number of rotatable bonds is 2. The molecule has 0 heterocycles. The Morgan fingerprint density at radius 3 is 1.80 bits per heavy atom. The zero-order valence-electron chi connectivity index (χ0n) is 13.7. The summed E-state index contributed by atoms with van der Waals surface area (Å²) in [7, 11) is 0. The van der Waals surface area contributed by atoms with Crippen LogP contribution < -0.4 is 0 Å². The molecule has 0 fully saturated rings. The van der Waals surface area contributed by atoms with Crippen LogP contribution in [-0.4, -0.2) is 0 Å². The lowest BCUT2D eigenvalue weighted by Crippen LogP contribution is -2.11. The van der Waals surface area contributed by atoms with Gasteiger partial charge in [-0.05, 0) is 59.1 Å². The fourth-order valence-corrected chi connectivity index (χ4v) is 2.68. The highest BCUT2D eigenvalue weighted by atomic mass is 14.2. The van der Waals surface area contributed by atoms with E-state index in [1.807, 2.05) is 0 Å². The molecule has 0 amide bonds. The van der Waals surface area contributed by atoms with E-state index in [1.165, 1.54) is 33.4 Å². The summed E-state index contributed by atoms with van der Waals surface area (Å²) in [5, 5.41) is 0. The van der Waals surface area contributed by atoms with Gasteiger partial charge in [-0.1, -0.05) is 64.1 Å². The molecule has 2 aromatic rings. The van der Waals surface area contributed by atoms with Crippen LogP contribution in [-0.2, 0) is 11.8 Å². The summed E-state index contributed by atoms with van der Waals surface area (Å²) in [6.45, 7) is 13.4. The summed E-state index contributed by atoms with van der Waals surface area (Å²) < 4.78 is 0. The van der Waals surface area contributed by atoms with Crippen LogP contribution in [0.4, 0.5) is 0 Å². The van der Waals surface area contributed by atoms with Crippen LogP contribution in [0.5, 0.6) is 0 Å². The number of benzene rings is 2. The minimum Gasteiger partial charge on any atom is -0.0613 e. The summed E-state index contributed by atoms with van der Waals surface area (Å²) in [5.41, 5.74) is 8.49.